The molecule has 130 valence electrons. The number of hydrogen-bond acceptors (Lipinski definition) is 4. The van der Waals surface area contributed by atoms with E-state index in [0.717, 1.165) is 65.1 Å². The van der Waals surface area contributed by atoms with Crippen molar-refractivity contribution >= 4 is 5.91 Å². The van der Waals surface area contributed by atoms with Crippen LogP contribution < -0.4 is 5.32 Å². The Morgan fingerprint density at radius 1 is 1.26 bits per heavy atom. The number of likely N-dealkylation sites (N-methyl/N-ethyl adjacent to an activating group) is 1. The molecular weight excluding hydrogens is 288 g/mol. The molecule has 5 heteroatoms. The number of nitrogens with one attached hydrogen (secondary N) is 1. The second-order valence-corrected chi connectivity index (χ2v) is 7.14. The topological polar surface area (TPSA) is 38.8 Å². The van der Waals surface area contributed by atoms with E-state index in [9.17, 15) is 4.79 Å². The van der Waals surface area contributed by atoms with Crippen LogP contribution >= 0.6 is 0 Å². The molecule has 1 amide bonds. The van der Waals surface area contributed by atoms with E-state index in [-0.39, 0.29) is 11.9 Å². The van der Waals surface area contributed by atoms with Gasteiger partial charge in [0.1, 0.15) is 0 Å². The molecule has 0 unspecified atom stereocenters. The highest BCUT2D eigenvalue weighted by atomic mass is 16.2. The van der Waals surface area contributed by atoms with Crippen molar-refractivity contribution in [3.05, 3.63) is 0 Å². The maximum absolute atomic E-state index is 12.5. The number of amides is 1. The fourth-order valence-corrected chi connectivity index (χ4v) is 3.52. The van der Waals surface area contributed by atoms with Gasteiger partial charge in [0.15, 0.2) is 0 Å². The summed E-state index contributed by atoms with van der Waals surface area (Å²) in [6, 6.07) is -0.0318. The fraction of sp³-hybridized carbons (Fsp3) is 0.833. The quantitative estimate of drug-likeness (QED) is 0.722. The lowest BCUT2D eigenvalue weighted by atomic mass is 10.0. The van der Waals surface area contributed by atoms with Crippen LogP contribution in [0.5, 0.6) is 0 Å². The summed E-state index contributed by atoms with van der Waals surface area (Å²) in [6.07, 6.45) is 8.62. The summed E-state index contributed by atoms with van der Waals surface area (Å²) in [6.45, 7) is 10.1. The van der Waals surface area contributed by atoms with Gasteiger partial charge in [0, 0.05) is 39.3 Å². The average molecular weight is 320 g/mol. The zero-order chi connectivity index (χ0) is 16.7. The van der Waals surface area contributed by atoms with Crippen LogP contribution in [0.2, 0.25) is 0 Å². The Labute approximate surface area is 141 Å². The molecule has 23 heavy (non-hydrogen) atoms. The molecule has 0 aromatic rings. The minimum Gasteiger partial charge on any atom is -0.354 e. The Balaban J connectivity index is 1.71. The summed E-state index contributed by atoms with van der Waals surface area (Å²) in [4.78, 5) is 19.5. The van der Waals surface area contributed by atoms with Crippen molar-refractivity contribution in [2.24, 2.45) is 5.92 Å². The van der Waals surface area contributed by atoms with Gasteiger partial charge in [-0.1, -0.05) is 19.3 Å². The number of piperidine rings is 1. The highest BCUT2D eigenvalue weighted by molar-refractivity contribution is 5.81. The first-order valence-electron chi connectivity index (χ1n) is 8.96. The normalized spacial score (nSPS) is 25.7. The van der Waals surface area contributed by atoms with Crippen LogP contribution in [-0.2, 0) is 4.79 Å². The van der Waals surface area contributed by atoms with Crippen molar-refractivity contribution in [2.75, 3.05) is 59.4 Å². The molecule has 5 nitrogen and oxygen atoms in total. The lowest BCUT2D eigenvalue weighted by molar-refractivity contribution is -0.127. The van der Waals surface area contributed by atoms with Crippen LogP contribution in [-0.4, -0.2) is 86.1 Å². The number of nitrogens with zero attached hydrogens (tertiary/aromatic N) is 3. The first-order chi connectivity index (χ1) is 11.1. The van der Waals surface area contributed by atoms with Crippen molar-refractivity contribution in [3.8, 4) is 12.3 Å². The third-order valence-electron chi connectivity index (χ3n) is 5.00. The van der Waals surface area contributed by atoms with Gasteiger partial charge in [-0.15, -0.1) is 6.42 Å². The molecule has 2 heterocycles. The number of carbonyl (C=O) groups is 1. The van der Waals surface area contributed by atoms with E-state index >= 15 is 0 Å². The number of hydrogen-bond donors (Lipinski definition) is 1. The molecule has 2 saturated heterocycles. The van der Waals surface area contributed by atoms with Gasteiger partial charge in [-0.25, -0.2) is 0 Å². The first-order valence-corrected chi connectivity index (χ1v) is 8.96. The van der Waals surface area contributed by atoms with E-state index in [0.29, 0.717) is 12.5 Å². The summed E-state index contributed by atoms with van der Waals surface area (Å²) in [5.41, 5.74) is 0. The van der Waals surface area contributed by atoms with E-state index < -0.39 is 0 Å². The number of likely N-dealkylation sites (tertiary alicyclic amines) is 1. The zero-order valence-electron chi connectivity index (χ0n) is 14.8. The maximum atomic E-state index is 12.5. The summed E-state index contributed by atoms with van der Waals surface area (Å²) in [5, 5.41) is 3.15. The van der Waals surface area contributed by atoms with Gasteiger partial charge in [0.05, 0.1) is 12.6 Å². The van der Waals surface area contributed by atoms with Crippen molar-refractivity contribution in [1.82, 2.24) is 20.0 Å². The largest absolute Gasteiger partial charge is 0.354 e. The van der Waals surface area contributed by atoms with Crippen LogP contribution in [0.25, 0.3) is 0 Å². The SMILES string of the molecule is C#CCN1CCCC[C@H]1C(=O)NC[C@@H](C)CN1CCN(C)CC1. The molecular formula is C18H32N4O. The summed E-state index contributed by atoms with van der Waals surface area (Å²) < 4.78 is 0. The minimum atomic E-state index is -0.0318. The molecule has 2 fully saturated rings. The molecule has 1 N–H and O–H groups in total. The number of terminal acetylenes is 1. The first kappa shape index (κ1) is 18.3. The van der Waals surface area contributed by atoms with Crippen molar-refractivity contribution in [3.63, 3.8) is 0 Å². The zero-order valence-corrected chi connectivity index (χ0v) is 14.8. The lowest BCUT2D eigenvalue weighted by Crippen LogP contribution is -2.51. The minimum absolute atomic E-state index is 0.0318. The predicted octanol–water partition coefficient (Wildman–Crippen LogP) is 0.474. The summed E-state index contributed by atoms with van der Waals surface area (Å²) in [5.74, 6) is 3.32. The van der Waals surface area contributed by atoms with Crippen molar-refractivity contribution in [2.45, 2.75) is 32.2 Å². The lowest BCUT2D eigenvalue weighted by Gasteiger charge is -2.35. The molecule has 0 radical (unpaired) electrons. The van der Waals surface area contributed by atoms with Gasteiger partial charge < -0.3 is 15.1 Å². The van der Waals surface area contributed by atoms with Gasteiger partial charge >= 0.3 is 0 Å². The Morgan fingerprint density at radius 2 is 2.00 bits per heavy atom. The van der Waals surface area contributed by atoms with Crippen molar-refractivity contribution < 1.29 is 4.79 Å². The Bertz CT molecular complexity index is 412. The third kappa shape index (κ3) is 5.80. The van der Waals surface area contributed by atoms with Crippen LogP contribution in [0.4, 0.5) is 0 Å². The summed E-state index contributed by atoms with van der Waals surface area (Å²) >= 11 is 0. The Morgan fingerprint density at radius 3 is 2.70 bits per heavy atom. The Hall–Kier alpha value is -1.09. The second kappa shape index (κ2) is 9.27. The van der Waals surface area contributed by atoms with E-state index in [1.165, 1.54) is 0 Å². The molecule has 0 aromatic carbocycles. The molecule has 2 aliphatic rings. The molecule has 2 atom stereocenters. The number of carbonyl (C=O) groups excluding carboxylic acids is 1. The highest BCUT2D eigenvalue weighted by Crippen LogP contribution is 2.16. The van der Waals surface area contributed by atoms with E-state index in [2.05, 4.69) is 39.9 Å². The van der Waals surface area contributed by atoms with Crippen LogP contribution in [0.1, 0.15) is 26.2 Å². The average Bonchev–Trinajstić information content (AvgIpc) is 2.56. The van der Waals surface area contributed by atoms with E-state index in [4.69, 9.17) is 6.42 Å². The monoisotopic (exact) mass is 320 g/mol. The molecule has 2 aliphatic heterocycles. The van der Waals surface area contributed by atoms with E-state index in [1.54, 1.807) is 0 Å². The van der Waals surface area contributed by atoms with Crippen LogP contribution in [0.3, 0.4) is 0 Å². The van der Waals surface area contributed by atoms with Crippen molar-refractivity contribution in [1.29, 1.82) is 0 Å². The number of piperazine rings is 1. The predicted molar refractivity (Wildman–Crippen MR) is 94.2 cm³/mol. The fourth-order valence-electron chi connectivity index (χ4n) is 3.52. The summed E-state index contributed by atoms with van der Waals surface area (Å²) in [7, 11) is 2.17. The third-order valence-corrected chi connectivity index (χ3v) is 5.00. The maximum Gasteiger partial charge on any atom is 0.237 e. The molecule has 0 saturated carbocycles. The molecule has 0 spiro atoms. The highest BCUT2D eigenvalue weighted by Gasteiger charge is 2.28. The molecule has 0 aliphatic carbocycles. The molecule has 0 aromatic heterocycles. The second-order valence-electron chi connectivity index (χ2n) is 7.14. The van der Waals surface area contributed by atoms with Crippen LogP contribution in [0.15, 0.2) is 0 Å². The van der Waals surface area contributed by atoms with Gasteiger partial charge in [0.25, 0.3) is 0 Å². The van der Waals surface area contributed by atoms with Gasteiger partial charge in [-0.2, -0.15) is 0 Å². The smallest absolute Gasteiger partial charge is 0.237 e. The molecule has 2 rings (SSSR count). The van der Waals surface area contributed by atoms with Gasteiger partial charge in [-0.3, -0.25) is 9.69 Å². The van der Waals surface area contributed by atoms with Gasteiger partial charge in [-0.05, 0) is 32.4 Å². The number of rotatable bonds is 6. The standard InChI is InChI=1S/C18H32N4O/c1-4-8-22-9-6-5-7-17(22)18(23)19-14-16(2)15-21-12-10-20(3)11-13-21/h1,16-17H,5-15H2,2-3H3,(H,19,23)/t16-,17+/m1/s1. The van der Waals surface area contributed by atoms with E-state index in [1.807, 2.05) is 0 Å². The van der Waals surface area contributed by atoms with Crippen LogP contribution in [0, 0.1) is 18.3 Å². The van der Waals surface area contributed by atoms with Gasteiger partial charge in [0.2, 0.25) is 5.91 Å². The Kier molecular flexibility index (Phi) is 7.35. The molecule has 0 bridgehead atoms.